The molecule has 0 spiro atoms. The maximum atomic E-state index is 12.1. The van der Waals surface area contributed by atoms with E-state index >= 15 is 0 Å². The van der Waals surface area contributed by atoms with Crippen molar-refractivity contribution in [2.45, 2.75) is 26.3 Å². The summed E-state index contributed by atoms with van der Waals surface area (Å²) in [7, 11) is 0. The van der Waals surface area contributed by atoms with E-state index in [0.29, 0.717) is 18.0 Å². The number of imidazole rings is 1. The minimum Gasteiger partial charge on any atom is -0.323 e. The van der Waals surface area contributed by atoms with Gasteiger partial charge in [0.1, 0.15) is 12.1 Å². The molecule has 2 aromatic heterocycles. The first kappa shape index (κ1) is 21.9. The normalized spacial score (nSPS) is 11.5. The van der Waals surface area contributed by atoms with Crippen molar-refractivity contribution in [2.24, 2.45) is 11.7 Å². The molecule has 0 aliphatic rings. The SMILES string of the molecule is CC(C)C[C@H](N)C(=O)Nc1ccc(-n2cnc3ccccc32)nc1.Cl.Cl. The van der Waals surface area contributed by atoms with Crippen LogP contribution in [0.1, 0.15) is 20.3 Å². The van der Waals surface area contributed by atoms with Crippen molar-refractivity contribution in [2.75, 3.05) is 5.32 Å². The second kappa shape index (κ2) is 9.52. The maximum absolute atomic E-state index is 12.1. The zero-order valence-corrected chi connectivity index (χ0v) is 16.3. The summed E-state index contributed by atoms with van der Waals surface area (Å²) >= 11 is 0. The van der Waals surface area contributed by atoms with Gasteiger partial charge >= 0.3 is 0 Å². The Morgan fingerprint density at radius 3 is 2.54 bits per heavy atom. The summed E-state index contributed by atoms with van der Waals surface area (Å²) in [6.45, 7) is 4.08. The van der Waals surface area contributed by atoms with Gasteiger partial charge in [-0.1, -0.05) is 26.0 Å². The molecule has 0 saturated carbocycles. The van der Waals surface area contributed by atoms with Crippen LogP contribution in [0, 0.1) is 5.92 Å². The molecule has 0 aliphatic carbocycles. The highest BCUT2D eigenvalue weighted by molar-refractivity contribution is 5.94. The molecule has 0 bridgehead atoms. The number of anilines is 1. The minimum atomic E-state index is -0.512. The van der Waals surface area contributed by atoms with Crippen LogP contribution in [0.4, 0.5) is 5.69 Å². The molecule has 3 aromatic rings. The van der Waals surface area contributed by atoms with Gasteiger partial charge in [0.2, 0.25) is 5.91 Å². The van der Waals surface area contributed by atoms with E-state index in [9.17, 15) is 4.79 Å². The van der Waals surface area contributed by atoms with Gasteiger partial charge in [-0.3, -0.25) is 9.36 Å². The number of hydrogen-bond donors (Lipinski definition) is 2. The molecule has 1 atom stereocenters. The van der Waals surface area contributed by atoms with Crippen molar-refractivity contribution >= 4 is 47.4 Å². The number of amides is 1. The Balaban J connectivity index is 0.00000169. The zero-order valence-electron chi connectivity index (χ0n) is 14.6. The van der Waals surface area contributed by atoms with Crippen LogP contribution in [-0.2, 0) is 4.79 Å². The number of pyridine rings is 1. The highest BCUT2D eigenvalue weighted by Gasteiger charge is 2.15. The van der Waals surface area contributed by atoms with Gasteiger partial charge in [-0.15, -0.1) is 24.8 Å². The first-order valence-corrected chi connectivity index (χ1v) is 7.99. The monoisotopic (exact) mass is 395 g/mol. The van der Waals surface area contributed by atoms with Crippen molar-refractivity contribution in [1.29, 1.82) is 0 Å². The third-order valence-electron chi connectivity index (χ3n) is 3.78. The summed E-state index contributed by atoms with van der Waals surface area (Å²) in [5.41, 5.74) is 8.42. The van der Waals surface area contributed by atoms with Crippen LogP contribution in [0.5, 0.6) is 0 Å². The van der Waals surface area contributed by atoms with E-state index in [0.717, 1.165) is 16.9 Å². The molecule has 1 aromatic carbocycles. The summed E-state index contributed by atoms with van der Waals surface area (Å²) in [6.07, 6.45) is 4.02. The van der Waals surface area contributed by atoms with Gasteiger partial charge in [-0.25, -0.2) is 9.97 Å². The smallest absolute Gasteiger partial charge is 0.241 e. The Kier molecular flexibility index (Phi) is 8.02. The lowest BCUT2D eigenvalue weighted by atomic mass is 10.0. The van der Waals surface area contributed by atoms with Gasteiger partial charge in [0.15, 0.2) is 0 Å². The van der Waals surface area contributed by atoms with Crippen molar-refractivity contribution in [3.8, 4) is 5.82 Å². The summed E-state index contributed by atoms with van der Waals surface area (Å²) in [4.78, 5) is 20.8. The molecule has 6 nitrogen and oxygen atoms in total. The highest BCUT2D eigenvalue weighted by atomic mass is 35.5. The quantitative estimate of drug-likeness (QED) is 0.690. The summed E-state index contributed by atoms with van der Waals surface area (Å²) in [5, 5.41) is 2.81. The van der Waals surface area contributed by atoms with Gasteiger partial charge in [-0.05, 0) is 36.6 Å². The molecule has 140 valence electrons. The molecule has 0 saturated heterocycles. The van der Waals surface area contributed by atoms with Crippen molar-refractivity contribution in [3.63, 3.8) is 0 Å². The second-order valence-electron chi connectivity index (χ2n) is 6.23. The van der Waals surface area contributed by atoms with Crippen molar-refractivity contribution in [1.82, 2.24) is 14.5 Å². The number of para-hydroxylation sites is 2. The summed E-state index contributed by atoms with van der Waals surface area (Å²) in [6, 6.07) is 11.0. The van der Waals surface area contributed by atoms with E-state index in [1.54, 1.807) is 12.5 Å². The first-order valence-electron chi connectivity index (χ1n) is 7.99. The molecule has 3 rings (SSSR count). The molecule has 8 heteroatoms. The standard InChI is InChI=1S/C18H21N5O.2ClH/c1-12(2)9-14(19)18(24)22-13-7-8-17(20-10-13)23-11-21-15-5-3-4-6-16(15)23;;/h3-8,10-12,14H,9,19H2,1-2H3,(H,22,24);2*1H/t14-;;/m0../s1. The van der Waals surface area contributed by atoms with Crippen LogP contribution in [-0.4, -0.2) is 26.5 Å². The van der Waals surface area contributed by atoms with E-state index in [-0.39, 0.29) is 30.7 Å². The topological polar surface area (TPSA) is 85.8 Å². The number of carbonyl (C=O) groups excluding carboxylic acids is 1. The maximum Gasteiger partial charge on any atom is 0.241 e. The number of halogens is 2. The Bertz CT molecular complexity index is 848. The fourth-order valence-corrected chi connectivity index (χ4v) is 2.59. The Morgan fingerprint density at radius 2 is 1.88 bits per heavy atom. The van der Waals surface area contributed by atoms with Crippen LogP contribution in [0.25, 0.3) is 16.9 Å². The predicted octanol–water partition coefficient (Wildman–Crippen LogP) is 3.58. The van der Waals surface area contributed by atoms with Crippen LogP contribution in [0.3, 0.4) is 0 Å². The van der Waals surface area contributed by atoms with Crippen molar-refractivity contribution < 1.29 is 4.79 Å². The third-order valence-corrected chi connectivity index (χ3v) is 3.78. The number of aromatic nitrogens is 3. The number of nitrogens with one attached hydrogen (secondary N) is 1. The molecule has 3 N–H and O–H groups in total. The predicted molar refractivity (Wildman–Crippen MR) is 109 cm³/mol. The third kappa shape index (κ3) is 4.94. The van der Waals surface area contributed by atoms with E-state index in [1.165, 1.54) is 0 Å². The van der Waals surface area contributed by atoms with E-state index in [1.807, 2.05) is 54.8 Å². The fraction of sp³-hybridized carbons (Fsp3) is 0.278. The lowest BCUT2D eigenvalue weighted by Gasteiger charge is -2.14. The molecule has 0 aliphatic heterocycles. The number of rotatable bonds is 5. The van der Waals surface area contributed by atoms with Crippen LogP contribution >= 0.6 is 24.8 Å². The van der Waals surface area contributed by atoms with Gasteiger partial charge in [-0.2, -0.15) is 0 Å². The van der Waals surface area contributed by atoms with Crippen LogP contribution in [0.2, 0.25) is 0 Å². The Hall–Kier alpha value is -2.15. The number of nitrogens with two attached hydrogens (primary N) is 1. The lowest BCUT2D eigenvalue weighted by Crippen LogP contribution is -2.36. The number of fused-ring (bicyclic) bond motifs is 1. The Morgan fingerprint density at radius 1 is 1.15 bits per heavy atom. The number of nitrogens with zero attached hydrogens (tertiary/aromatic N) is 3. The molecular formula is C18H23Cl2N5O. The van der Waals surface area contributed by atoms with Gasteiger partial charge in [0, 0.05) is 0 Å². The largest absolute Gasteiger partial charge is 0.323 e. The number of hydrogen-bond acceptors (Lipinski definition) is 4. The Labute approximate surface area is 165 Å². The zero-order chi connectivity index (χ0) is 17.1. The molecule has 2 heterocycles. The number of carbonyl (C=O) groups is 1. The van der Waals surface area contributed by atoms with E-state index in [4.69, 9.17) is 5.73 Å². The minimum absolute atomic E-state index is 0. The molecule has 0 radical (unpaired) electrons. The summed E-state index contributed by atoms with van der Waals surface area (Å²) in [5.74, 6) is 0.931. The van der Waals surface area contributed by atoms with Gasteiger partial charge in [0.25, 0.3) is 0 Å². The van der Waals surface area contributed by atoms with Gasteiger partial charge < -0.3 is 11.1 Å². The van der Waals surface area contributed by atoms with Crippen molar-refractivity contribution in [3.05, 3.63) is 48.9 Å². The first-order chi connectivity index (χ1) is 11.5. The summed E-state index contributed by atoms with van der Waals surface area (Å²) < 4.78 is 1.91. The molecule has 1 amide bonds. The van der Waals surface area contributed by atoms with E-state index in [2.05, 4.69) is 15.3 Å². The average Bonchev–Trinajstić information content (AvgIpc) is 2.99. The average molecular weight is 396 g/mol. The fourth-order valence-electron chi connectivity index (χ4n) is 2.59. The molecule has 0 fully saturated rings. The van der Waals surface area contributed by atoms with E-state index < -0.39 is 6.04 Å². The molecule has 0 unspecified atom stereocenters. The number of benzene rings is 1. The lowest BCUT2D eigenvalue weighted by molar-refractivity contribution is -0.117. The molecular weight excluding hydrogens is 373 g/mol. The highest BCUT2D eigenvalue weighted by Crippen LogP contribution is 2.17. The molecule has 26 heavy (non-hydrogen) atoms. The van der Waals surface area contributed by atoms with Crippen LogP contribution in [0.15, 0.2) is 48.9 Å². The van der Waals surface area contributed by atoms with Crippen LogP contribution < -0.4 is 11.1 Å². The van der Waals surface area contributed by atoms with Gasteiger partial charge in [0.05, 0.1) is 29.0 Å². The second-order valence-corrected chi connectivity index (χ2v) is 6.23.